The first-order valence-corrected chi connectivity index (χ1v) is 6.40. The van der Waals surface area contributed by atoms with Crippen molar-refractivity contribution in [3.05, 3.63) is 18.2 Å². The molecule has 1 aromatic carbocycles. The molecule has 1 N–H and O–H groups in total. The summed E-state index contributed by atoms with van der Waals surface area (Å²) in [6.45, 7) is 1.10. The van der Waals surface area contributed by atoms with Gasteiger partial charge in [0.15, 0.2) is 0 Å². The highest BCUT2D eigenvalue weighted by Crippen LogP contribution is 2.42. The monoisotopic (exact) mass is 232 g/mol. The van der Waals surface area contributed by atoms with Gasteiger partial charge in [-0.05, 0) is 25.0 Å². The van der Waals surface area contributed by atoms with Gasteiger partial charge < -0.3 is 15.0 Å². The van der Waals surface area contributed by atoms with Crippen molar-refractivity contribution in [2.45, 2.75) is 31.2 Å². The minimum atomic E-state index is 0.316. The summed E-state index contributed by atoms with van der Waals surface area (Å²) in [6, 6.07) is 6.29. The number of ether oxygens (including phenoxy) is 1. The van der Waals surface area contributed by atoms with E-state index in [4.69, 9.17) is 4.74 Å². The lowest BCUT2D eigenvalue weighted by molar-refractivity contribution is 0.413. The molecular formula is C14H20N2O. The molecule has 1 fully saturated rings. The average Bonchev–Trinajstić information content (AvgIpc) is 2.77. The van der Waals surface area contributed by atoms with E-state index < -0.39 is 0 Å². The predicted octanol–water partition coefficient (Wildman–Crippen LogP) is 2.87. The highest BCUT2D eigenvalue weighted by atomic mass is 16.5. The lowest BCUT2D eigenvalue weighted by Gasteiger charge is -2.42. The van der Waals surface area contributed by atoms with E-state index in [0.717, 1.165) is 12.3 Å². The number of rotatable bonds is 1. The molecule has 1 aromatic rings. The molecule has 3 rings (SSSR count). The van der Waals surface area contributed by atoms with Crippen LogP contribution in [0.5, 0.6) is 5.75 Å². The molecule has 1 spiro atoms. The van der Waals surface area contributed by atoms with Crippen molar-refractivity contribution in [2.75, 3.05) is 30.9 Å². The number of nitrogens with zero attached hydrogens (tertiary/aromatic N) is 1. The normalized spacial score (nSPS) is 21.2. The Morgan fingerprint density at radius 3 is 2.76 bits per heavy atom. The molecule has 0 aromatic heterocycles. The third-order valence-corrected chi connectivity index (χ3v) is 4.12. The molecule has 92 valence electrons. The van der Waals surface area contributed by atoms with Crippen LogP contribution >= 0.6 is 0 Å². The number of fused-ring (bicyclic) bond motifs is 1. The fourth-order valence-electron chi connectivity index (χ4n) is 3.26. The Morgan fingerprint density at radius 1 is 1.29 bits per heavy atom. The highest BCUT2D eigenvalue weighted by molar-refractivity contribution is 5.75. The zero-order valence-corrected chi connectivity index (χ0v) is 10.6. The Morgan fingerprint density at radius 2 is 2.06 bits per heavy atom. The van der Waals surface area contributed by atoms with Crippen LogP contribution in [-0.4, -0.2) is 26.2 Å². The molecule has 1 saturated carbocycles. The van der Waals surface area contributed by atoms with Gasteiger partial charge in [0.05, 0.1) is 24.0 Å². The molecular weight excluding hydrogens is 212 g/mol. The van der Waals surface area contributed by atoms with Gasteiger partial charge in [-0.3, -0.25) is 0 Å². The number of methoxy groups -OCH3 is 1. The van der Waals surface area contributed by atoms with Crippen LogP contribution in [0.25, 0.3) is 0 Å². The smallest absolute Gasteiger partial charge is 0.121 e. The Balaban J connectivity index is 1.96. The van der Waals surface area contributed by atoms with Crippen LogP contribution < -0.4 is 15.0 Å². The molecule has 2 aliphatic rings. The summed E-state index contributed by atoms with van der Waals surface area (Å²) in [5.74, 6) is 0.930. The molecule has 1 aliphatic heterocycles. The molecule has 0 atom stereocenters. The van der Waals surface area contributed by atoms with Crippen molar-refractivity contribution in [2.24, 2.45) is 0 Å². The number of hydrogen-bond acceptors (Lipinski definition) is 3. The Kier molecular flexibility index (Phi) is 2.42. The zero-order chi connectivity index (χ0) is 11.9. The number of hydrogen-bond donors (Lipinski definition) is 1. The van der Waals surface area contributed by atoms with Crippen molar-refractivity contribution < 1.29 is 4.74 Å². The van der Waals surface area contributed by atoms with E-state index in [1.165, 1.54) is 37.1 Å². The first-order chi connectivity index (χ1) is 8.22. The second-order valence-corrected chi connectivity index (χ2v) is 5.35. The van der Waals surface area contributed by atoms with Crippen LogP contribution in [0.1, 0.15) is 25.7 Å². The summed E-state index contributed by atoms with van der Waals surface area (Å²) in [6.07, 6.45) is 5.30. The summed E-state index contributed by atoms with van der Waals surface area (Å²) < 4.78 is 5.29. The SMILES string of the molecule is COc1ccc2c(c1)N(C)CC1(CCCC1)N2. The van der Waals surface area contributed by atoms with Crippen LogP contribution in [-0.2, 0) is 0 Å². The van der Waals surface area contributed by atoms with Crippen molar-refractivity contribution in [1.29, 1.82) is 0 Å². The van der Waals surface area contributed by atoms with E-state index >= 15 is 0 Å². The van der Waals surface area contributed by atoms with Crippen LogP contribution in [0.4, 0.5) is 11.4 Å². The highest BCUT2D eigenvalue weighted by Gasteiger charge is 2.38. The van der Waals surface area contributed by atoms with E-state index in [-0.39, 0.29) is 0 Å². The van der Waals surface area contributed by atoms with Gasteiger partial charge in [0.2, 0.25) is 0 Å². The third kappa shape index (κ3) is 1.74. The Bertz CT molecular complexity index is 424. The average molecular weight is 232 g/mol. The van der Waals surface area contributed by atoms with Crippen molar-refractivity contribution >= 4 is 11.4 Å². The summed E-state index contributed by atoms with van der Waals surface area (Å²) in [7, 11) is 3.90. The lowest BCUT2D eigenvalue weighted by Crippen LogP contribution is -2.49. The molecule has 1 aliphatic carbocycles. The van der Waals surface area contributed by atoms with Gasteiger partial charge in [-0.15, -0.1) is 0 Å². The van der Waals surface area contributed by atoms with Gasteiger partial charge in [-0.1, -0.05) is 12.8 Å². The number of likely N-dealkylation sites (N-methyl/N-ethyl adjacent to an activating group) is 1. The summed E-state index contributed by atoms with van der Waals surface area (Å²) in [5.41, 5.74) is 2.82. The predicted molar refractivity (Wildman–Crippen MR) is 71.1 cm³/mol. The van der Waals surface area contributed by atoms with Gasteiger partial charge in [0.1, 0.15) is 5.75 Å². The van der Waals surface area contributed by atoms with E-state index in [1.54, 1.807) is 7.11 Å². The number of nitrogens with one attached hydrogen (secondary N) is 1. The first-order valence-electron chi connectivity index (χ1n) is 6.40. The topological polar surface area (TPSA) is 24.5 Å². The molecule has 0 unspecified atom stereocenters. The van der Waals surface area contributed by atoms with Gasteiger partial charge in [0.25, 0.3) is 0 Å². The van der Waals surface area contributed by atoms with Crippen molar-refractivity contribution in [3.8, 4) is 5.75 Å². The fourth-order valence-corrected chi connectivity index (χ4v) is 3.26. The number of anilines is 2. The van der Waals surface area contributed by atoms with Crippen LogP contribution in [0.2, 0.25) is 0 Å². The minimum Gasteiger partial charge on any atom is -0.497 e. The Labute approximate surface area is 103 Å². The maximum Gasteiger partial charge on any atom is 0.121 e. The summed E-state index contributed by atoms with van der Waals surface area (Å²) >= 11 is 0. The Hall–Kier alpha value is -1.38. The molecule has 0 bridgehead atoms. The van der Waals surface area contributed by atoms with E-state index in [1.807, 2.05) is 6.07 Å². The maximum atomic E-state index is 5.29. The van der Waals surface area contributed by atoms with E-state index in [0.29, 0.717) is 5.54 Å². The molecule has 0 amide bonds. The second-order valence-electron chi connectivity index (χ2n) is 5.35. The van der Waals surface area contributed by atoms with Crippen LogP contribution in [0.15, 0.2) is 18.2 Å². The van der Waals surface area contributed by atoms with Crippen molar-refractivity contribution in [1.82, 2.24) is 0 Å². The van der Waals surface area contributed by atoms with E-state index in [2.05, 4.69) is 29.4 Å². The maximum absolute atomic E-state index is 5.29. The molecule has 3 heteroatoms. The molecule has 0 radical (unpaired) electrons. The van der Waals surface area contributed by atoms with Gasteiger partial charge in [0, 0.05) is 19.7 Å². The molecule has 3 nitrogen and oxygen atoms in total. The van der Waals surface area contributed by atoms with Crippen LogP contribution in [0.3, 0.4) is 0 Å². The molecule has 0 saturated heterocycles. The standard InChI is InChI=1S/C14H20N2O/c1-16-10-14(7-3-4-8-14)15-12-6-5-11(17-2)9-13(12)16/h5-6,9,15H,3-4,7-8,10H2,1-2H3. The molecule has 17 heavy (non-hydrogen) atoms. The van der Waals surface area contributed by atoms with E-state index in [9.17, 15) is 0 Å². The third-order valence-electron chi connectivity index (χ3n) is 4.12. The fraction of sp³-hybridized carbons (Fsp3) is 0.571. The minimum absolute atomic E-state index is 0.316. The summed E-state index contributed by atoms with van der Waals surface area (Å²) in [4.78, 5) is 2.36. The van der Waals surface area contributed by atoms with Crippen molar-refractivity contribution in [3.63, 3.8) is 0 Å². The lowest BCUT2D eigenvalue weighted by atomic mass is 9.93. The number of benzene rings is 1. The first kappa shape index (κ1) is 10.8. The molecule has 1 heterocycles. The summed E-state index contributed by atoms with van der Waals surface area (Å²) in [5, 5.41) is 3.76. The van der Waals surface area contributed by atoms with Gasteiger partial charge >= 0.3 is 0 Å². The van der Waals surface area contributed by atoms with Gasteiger partial charge in [-0.2, -0.15) is 0 Å². The second kappa shape index (κ2) is 3.83. The van der Waals surface area contributed by atoms with Crippen LogP contribution in [0, 0.1) is 0 Å². The largest absolute Gasteiger partial charge is 0.497 e. The zero-order valence-electron chi connectivity index (χ0n) is 10.6. The van der Waals surface area contributed by atoms with Gasteiger partial charge in [-0.25, -0.2) is 0 Å². The quantitative estimate of drug-likeness (QED) is 0.805.